The van der Waals surface area contributed by atoms with Crippen LogP contribution in [0.2, 0.25) is 0 Å². The van der Waals surface area contributed by atoms with Crippen LogP contribution in [0, 0.1) is 0 Å². The Morgan fingerprint density at radius 1 is 1.24 bits per heavy atom. The van der Waals surface area contributed by atoms with Crippen LogP contribution >= 0.6 is 0 Å². The van der Waals surface area contributed by atoms with Crippen molar-refractivity contribution >= 4 is 34.3 Å². The van der Waals surface area contributed by atoms with Gasteiger partial charge in [-0.05, 0) is 24.3 Å². The second-order valence-electron chi connectivity index (χ2n) is 4.47. The van der Waals surface area contributed by atoms with Gasteiger partial charge in [-0.2, -0.15) is 0 Å². The van der Waals surface area contributed by atoms with Crippen molar-refractivity contribution < 1.29 is 4.79 Å². The molecule has 2 aromatic heterocycles. The summed E-state index contributed by atoms with van der Waals surface area (Å²) in [4.78, 5) is 19.6. The van der Waals surface area contributed by atoms with Crippen molar-refractivity contribution in [3.8, 4) is 0 Å². The summed E-state index contributed by atoms with van der Waals surface area (Å²) in [5.41, 5.74) is 7.31. The second kappa shape index (κ2) is 5.12. The minimum Gasteiger partial charge on any atom is -0.384 e. The van der Waals surface area contributed by atoms with Crippen molar-refractivity contribution in [2.24, 2.45) is 0 Å². The number of benzene rings is 1. The Bertz CT molecular complexity index is 810. The first-order chi connectivity index (χ1) is 10.2. The quantitative estimate of drug-likeness (QED) is 0.667. The molecule has 0 aliphatic carbocycles. The molecule has 0 saturated heterocycles. The zero-order valence-electron chi connectivity index (χ0n) is 11.4. The molecule has 0 aliphatic heterocycles. The molecule has 3 aromatic rings. The zero-order valence-corrected chi connectivity index (χ0v) is 11.4. The largest absolute Gasteiger partial charge is 0.384 e. The topological polar surface area (TPSA) is 97.9 Å². The minimum atomic E-state index is -0.172. The van der Waals surface area contributed by atoms with Crippen LogP contribution in [-0.2, 0) is 0 Å². The van der Waals surface area contributed by atoms with E-state index >= 15 is 0 Å². The number of nitrogens with zero attached hydrogens (tertiary/aromatic N) is 3. The summed E-state index contributed by atoms with van der Waals surface area (Å²) in [6.45, 7) is 0. The number of nitrogen functional groups attached to an aromatic ring is 1. The number of amides is 1. The Hall–Kier alpha value is -3.09. The van der Waals surface area contributed by atoms with Crippen molar-refractivity contribution in [2.45, 2.75) is 0 Å². The van der Waals surface area contributed by atoms with E-state index in [1.165, 1.54) is 6.33 Å². The lowest BCUT2D eigenvalue weighted by atomic mass is 10.2. The number of hydrogen-bond acceptors (Lipinski definition) is 5. The Morgan fingerprint density at radius 3 is 2.86 bits per heavy atom. The van der Waals surface area contributed by atoms with E-state index in [4.69, 9.17) is 5.73 Å². The van der Waals surface area contributed by atoms with E-state index in [1.54, 1.807) is 23.9 Å². The smallest absolute Gasteiger partial charge is 0.325 e. The molecule has 106 valence electrons. The van der Waals surface area contributed by atoms with Gasteiger partial charge >= 0.3 is 6.03 Å². The number of nitrogens with one attached hydrogen (secondary N) is 2. The SMILES string of the molecule is CNC(=O)n1ccc2cc(Nc3cc(N)ncn3)ccc21. The maximum atomic E-state index is 11.7. The normalized spacial score (nSPS) is 10.5. The fraction of sp³-hybridized carbons (Fsp3) is 0.0714. The fourth-order valence-electron chi connectivity index (χ4n) is 2.11. The van der Waals surface area contributed by atoms with Gasteiger partial charge in [0.2, 0.25) is 0 Å². The molecule has 0 unspecified atom stereocenters. The lowest BCUT2D eigenvalue weighted by molar-refractivity contribution is 0.245. The van der Waals surface area contributed by atoms with Crippen LogP contribution in [-0.4, -0.2) is 27.6 Å². The maximum absolute atomic E-state index is 11.7. The van der Waals surface area contributed by atoms with E-state index in [2.05, 4.69) is 20.6 Å². The van der Waals surface area contributed by atoms with E-state index < -0.39 is 0 Å². The van der Waals surface area contributed by atoms with Crippen molar-refractivity contribution in [2.75, 3.05) is 18.1 Å². The van der Waals surface area contributed by atoms with E-state index in [1.807, 2.05) is 24.3 Å². The first kappa shape index (κ1) is 12.9. The van der Waals surface area contributed by atoms with Gasteiger partial charge in [-0.3, -0.25) is 4.57 Å². The molecule has 7 heteroatoms. The lowest BCUT2D eigenvalue weighted by Gasteiger charge is -2.07. The molecule has 0 radical (unpaired) electrons. The highest BCUT2D eigenvalue weighted by molar-refractivity contribution is 5.93. The third-order valence-corrected chi connectivity index (χ3v) is 3.08. The van der Waals surface area contributed by atoms with Crippen molar-refractivity contribution in [3.05, 3.63) is 42.9 Å². The molecular weight excluding hydrogens is 268 g/mol. The minimum absolute atomic E-state index is 0.172. The van der Waals surface area contributed by atoms with Crippen LogP contribution in [0.5, 0.6) is 0 Å². The predicted molar refractivity (Wildman–Crippen MR) is 81.5 cm³/mol. The lowest BCUT2D eigenvalue weighted by Crippen LogP contribution is -2.23. The molecule has 3 rings (SSSR count). The number of carbonyl (C=O) groups excluding carboxylic acids is 1. The Kier molecular flexibility index (Phi) is 3.15. The molecule has 0 saturated carbocycles. The van der Waals surface area contributed by atoms with Crippen molar-refractivity contribution in [1.29, 1.82) is 0 Å². The number of fused-ring (bicyclic) bond motifs is 1. The van der Waals surface area contributed by atoms with Gasteiger partial charge in [0.25, 0.3) is 0 Å². The number of hydrogen-bond donors (Lipinski definition) is 3. The number of rotatable bonds is 2. The highest BCUT2D eigenvalue weighted by Gasteiger charge is 2.07. The highest BCUT2D eigenvalue weighted by Crippen LogP contribution is 2.22. The second-order valence-corrected chi connectivity index (χ2v) is 4.47. The van der Waals surface area contributed by atoms with Gasteiger partial charge < -0.3 is 16.4 Å². The molecular formula is C14H14N6O. The van der Waals surface area contributed by atoms with Gasteiger partial charge in [-0.25, -0.2) is 14.8 Å². The summed E-state index contributed by atoms with van der Waals surface area (Å²) in [6, 6.07) is 9.04. The van der Waals surface area contributed by atoms with E-state index in [-0.39, 0.29) is 6.03 Å². The molecule has 2 heterocycles. The molecule has 0 spiro atoms. The van der Waals surface area contributed by atoms with Gasteiger partial charge in [-0.15, -0.1) is 0 Å². The third-order valence-electron chi connectivity index (χ3n) is 3.08. The van der Waals surface area contributed by atoms with Crippen LogP contribution in [0.15, 0.2) is 42.9 Å². The van der Waals surface area contributed by atoms with Crippen LogP contribution < -0.4 is 16.4 Å². The summed E-state index contributed by atoms with van der Waals surface area (Å²) in [7, 11) is 1.60. The van der Waals surface area contributed by atoms with Crippen LogP contribution in [0.3, 0.4) is 0 Å². The fourth-order valence-corrected chi connectivity index (χ4v) is 2.11. The summed E-state index contributed by atoms with van der Waals surface area (Å²) in [5, 5.41) is 6.70. The average molecular weight is 282 g/mol. The standard InChI is InChI=1S/C14H14N6O/c1-16-14(21)20-5-4-9-6-10(2-3-11(9)20)19-13-7-12(15)17-8-18-13/h2-8H,1H3,(H,16,21)(H3,15,17,18,19). The van der Waals surface area contributed by atoms with Gasteiger partial charge in [0.15, 0.2) is 0 Å². The molecule has 4 N–H and O–H groups in total. The third kappa shape index (κ3) is 2.48. The van der Waals surface area contributed by atoms with Crippen LogP contribution in [0.1, 0.15) is 0 Å². The Labute approximate surface area is 120 Å². The van der Waals surface area contributed by atoms with Crippen molar-refractivity contribution in [1.82, 2.24) is 19.9 Å². The summed E-state index contributed by atoms with van der Waals surface area (Å²) < 4.78 is 1.56. The zero-order chi connectivity index (χ0) is 14.8. The molecule has 0 atom stereocenters. The van der Waals surface area contributed by atoms with Gasteiger partial charge in [0.1, 0.15) is 18.0 Å². The van der Waals surface area contributed by atoms with Crippen LogP contribution in [0.25, 0.3) is 10.9 Å². The van der Waals surface area contributed by atoms with Gasteiger partial charge in [-0.1, -0.05) is 0 Å². The number of carbonyl (C=O) groups is 1. The maximum Gasteiger partial charge on any atom is 0.325 e. The molecule has 21 heavy (non-hydrogen) atoms. The average Bonchev–Trinajstić information content (AvgIpc) is 2.89. The van der Waals surface area contributed by atoms with E-state index in [9.17, 15) is 4.79 Å². The summed E-state index contributed by atoms with van der Waals surface area (Å²) in [5.74, 6) is 1.02. The first-order valence-corrected chi connectivity index (χ1v) is 6.35. The Morgan fingerprint density at radius 2 is 2.10 bits per heavy atom. The van der Waals surface area contributed by atoms with E-state index in [0.717, 1.165) is 16.6 Å². The number of nitrogens with two attached hydrogens (primary N) is 1. The van der Waals surface area contributed by atoms with Crippen LogP contribution in [0.4, 0.5) is 22.1 Å². The van der Waals surface area contributed by atoms with Gasteiger partial charge in [0.05, 0.1) is 5.52 Å². The molecule has 0 bridgehead atoms. The molecule has 7 nitrogen and oxygen atoms in total. The number of aromatic nitrogens is 3. The molecule has 0 aliphatic rings. The van der Waals surface area contributed by atoms with E-state index in [0.29, 0.717) is 11.6 Å². The van der Waals surface area contributed by atoms with Gasteiger partial charge in [0, 0.05) is 30.4 Å². The monoisotopic (exact) mass is 282 g/mol. The predicted octanol–water partition coefficient (Wildman–Crippen LogP) is 1.94. The van der Waals surface area contributed by atoms with Crippen molar-refractivity contribution in [3.63, 3.8) is 0 Å². The number of anilines is 3. The molecule has 1 amide bonds. The molecule has 0 fully saturated rings. The Balaban J connectivity index is 1.93. The molecule has 1 aromatic carbocycles. The summed E-state index contributed by atoms with van der Waals surface area (Å²) >= 11 is 0. The highest BCUT2D eigenvalue weighted by atomic mass is 16.2. The summed E-state index contributed by atoms with van der Waals surface area (Å²) in [6.07, 6.45) is 3.13. The first-order valence-electron chi connectivity index (χ1n) is 6.35.